The molecule has 6 unspecified atom stereocenters. The van der Waals surface area contributed by atoms with Crippen LogP contribution in [0.4, 0.5) is 0 Å². The van der Waals surface area contributed by atoms with Crippen molar-refractivity contribution < 1.29 is 4.18 Å². The Morgan fingerprint density at radius 3 is 2.34 bits per heavy atom. The van der Waals surface area contributed by atoms with Crippen molar-refractivity contribution in [3.05, 3.63) is 47.8 Å². The van der Waals surface area contributed by atoms with E-state index < -0.39 is 10.3 Å². The Balaban J connectivity index is 0.00000141. The number of pyridine rings is 1. The molecule has 4 aliphatic rings. The second-order valence-corrected chi connectivity index (χ2v) is 17.0. The molecule has 196 valence electrons. The molecule has 0 spiro atoms. The van der Waals surface area contributed by atoms with E-state index in [1.807, 2.05) is 20.0 Å². The van der Waals surface area contributed by atoms with Crippen LogP contribution >= 0.6 is 10.3 Å². The summed E-state index contributed by atoms with van der Waals surface area (Å²) in [7, 11) is -1.07. The minimum atomic E-state index is -1.07. The third-order valence-corrected chi connectivity index (χ3v) is 14.2. The molecule has 1 aromatic heterocycles. The van der Waals surface area contributed by atoms with E-state index in [-0.39, 0.29) is 4.75 Å². The van der Waals surface area contributed by atoms with Gasteiger partial charge in [-0.3, -0.25) is 4.98 Å². The van der Waals surface area contributed by atoms with Gasteiger partial charge < -0.3 is 4.18 Å². The maximum absolute atomic E-state index is 6.85. The second kappa shape index (κ2) is 9.67. The molecular formula is C32H51NOS. The summed E-state index contributed by atoms with van der Waals surface area (Å²) in [4.78, 5) is 4.43. The van der Waals surface area contributed by atoms with Crippen LogP contribution in [-0.2, 0) is 4.18 Å². The van der Waals surface area contributed by atoms with Gasteiger partial charge in [0.2, 0.25) is 0 Å². The molecule has 0 aliphatic heterocycles. The molecule has 0 radical (unpaired) electrons. The van der Waals surface area contributed by atoms with Crippen LogP contribution in [0.2, 0.25) is 0 Å². The van der Waals surface area contributed by atoms with Crippen LogP contribution < -0.4 is 0 Å². The van der Waals surface area contributed by atoms with E-state index >= 15 is 0 Å². The van der Waals surface area contributed by atoms with Crippen molar-refractivity contribution in [2.75, 3.05) is 12.5 Å². The van der Waals surface area contributed by atoms with Crippen LogP contribution in [-0.4, -0.2) is 28.3 Å². The second-order valence-electron chi connectivity index (χ2n) is 13.1. The number of allylic oxidation sites excluding steroid dienone is 3. The van der Waals surface area contributed by atoms with Gasteiger partial charge >= 0.3 is 0 Å². The molecule has 6 atom stereocenters. The maximum Gasteiger partial charge on any atom is 0.0738 e. The number of aromatic nitrogens is 1. The third kappa shape index (κ3) is 4.58. The summed E-state index contributed by atoms with van der Waals surface area (Å²) in [6, 6.07) is 4.36. The number of fused-ring (bicyclic) bond motifs is 5. The zero-order valence-electron chi connectivity index (χ0n) is 24.0. The number of hydrogen-bond donors (Lipinski definition) is 0. The fraction of sp³-hybridized carbons (Fsp3) is 0.719. The lowest BCUT2D eigenvalue weighted by atomic mass is 9.47. The van der Waals surface area contributed by atoms with Crippen LogP contribution in [0.15, 0.2) is 42.3 Å². The van der Waals surface area contributed by atoms with Crippen molar-refractivity contribution in [3.8, 4) is 0 Å². The SMILES string of the molecule is CC.CC12CCC(OS(C)(C)C(C)(C)C)CC1=CCC1C2CCC2(C)C(c3cccnc3)=CCC12. The lowest BCUT2D eigenvalue weighted by molar-refractivity contribution is -0.0201. The molecule has 0 N–H and O–H groups in total. The highest BCUT2D eigenvalue weighted by Crippen LogP contribution is 2.67. The van der Waals surface area contributed by atoms with Crippen molar-refractivity contribution in [2.45, 2.75) is 104 Å². The molecule has 2 saturated carbocycles. The predicted molar refractivity (Wildman–Crippen MR) is 155 cm³/mol. The molecule has 0 amide bonds. The van der Waals surface area contributed by atoms with Gasteiger partial charge in [0.05, 0.1) is 6.10 Å². The molecule has 0 saturated heterocycles. The summed E-state index contributed by atoms with van der Waals surface area (Å²) in [5.74, 6) is 2.43. The molecule has 3 heteroatoms. The number of hydrogen-bond acceptors (Lipinski definition) is 2. The van der Waals surface area contributed by atoms with Crippen molar-refractivity contribution in [2.24, 2.45) is 28.6 Å². The summed E-state index contributed by atoms with van der Waals surface area (Å²) < 4.78 is 7.08. The Kier molecular flexibility index (Phi) is 7.46. The Morgan fingerprint density at radius 1 is 0.971 bits per heavy atom. The summed E-state index contributed by atoms with van der Waals surface area (Å²) in [6.45, 7) is 16.2. The maximum atomic E-state index is 6.85. The van der Waals surface area contributed by atoms with Gasteiger partial charge in [-0.25, -0.2) is 0 Å². The Bertz CT molecular complexity index is 958. The van der Waals surface area contributed by atoms with E-state index in [1.54, 1.807) is 11.1 Å². The Labute approximate surface area is 217 Å². The van der Waals surface area contributed by atoms with Gasteiger partial charge in [-0.1, -0.05) is 72.3 Å². The van der Waals surface area contributed by atoms with E-state index in [0.717, 1.165) is 24.2 Å². The normalized spacial score (nSPS) is 37.1. The van der Waals surface area contributed by atoms with E-state index in [2.05, 4.69) is 82.6 Å². The molecule has 2 fully saturated rings. The summed E-state index contributed by atoms with van der Waals surface area (Å²) in [5, 5.41) is 0. The van der Waals surface area contributed by atoms with Gasteiger partial charge in [-0.2, -0.15) is 0 Å². The first-order valence-corrected chi connectivity index (χ1v) is 16.5. The first-order chi connectivity index (χ1) is 16.5. The molecule has 2 nitrogen and oxygen atoms in total. The minimum Gasteiger partial charge on any atom is -0.333 e. The smallest absolute Gasteiger partial charge is 0.0738 e. The van der Waals surface area contributed by atoms with Gasteiger partial charge in [-0.05, 0) is 103 Å². The van der Waals surface area contributed by atoms with Gasteiger partial charge in [0.25, 0.3) is 0 Å². The molecule has 1 heterocycles. The van der Waals surface area contributed by atoms with Crippen LogP contribution in [0.25, 0.3) is 5.57 Å². The van der Waals surface area contributed by atoms with Crippen LogP contribution in [0.1, 0.15) is 99.0 Å². The fourth-order valence-corrected chi connectivity index (χ4v) is 8.86. The molecule has 0 aromatic carbocycles. The first kappa shape index (κ1) is 27.0. The minimum absolute atomic E-state index is 0.231. The number of rotatable bonds is 3. The standard InChI is InChI=1S/C30H45NOS.C2H6/c1-28(2,3)33(6,7)32-23-14-16-29(4)22(19-23)10-11-24-26-13-12-25(21-9-8-18-31-20-21)30(26,5)17-15-27(24)29;1-2/h8-10,12,18,20,23-24,26-27H,11,13-17,19H2,1-7H3;1-2H3. The molecule has 35 heavy (non-hydrogen) atoms. The van der Waals surface area contributed by atoms with Gasteiger partial charge in [0.15, 0.2) is 0 Å². The van der Waals surface area contributed by atoms with E-state index in [0.29, 0.717) is 16.9 Å². The summed E-state index contributed by atoms with van der Waals surface area (Å²) >= 11 is 0. The molecular weight excluding hydrogens is 446 g/mol. The lowest BCUT2D eigenvalue weighted by Gasteiger charge is -2.58. The van der Waals surface area contributed by atoms with Crippen LogP contribution in [0.3, 0.4) is 0 Å². The first-order valence-electron chi connectivity index (χ1n) is 14.2. The zero-order chi connectivity index (χ0) is 25.6. The summed E-state index contributed by atoms with van der Waals surface area (Å²) in [6.07, 6.45) is 23.2. The predicted octanol–water partition coefficient (Wildman–Crippen LogP) is 9.23. The van der Waals surface area contributed by atoms with Gasteiger partial charge in [0.1, 0.15) is 0 Å². The van der Waals surface area contributed by atoms with E-state index in [1.165, 1.54) is 44.1 Å². The highest BCUT2D eigenvalue weighted by molar-refractivity contribution is 8.29. The molecule has 5 rings (SSSR count). The van der Waals surface area contributed by atoms with Crippen molar-refractivity contribution in [1.82, 2.24) is 4.98 Å². The largest absolute Gasteiger partial charge is 0.333 e. The zero-order valence-corrected chi connectivity index (χ0v) is 24.8. The van der Waals surface area contributed by atoms with E-state index in [4.69, 9.17) is 4.18 Å². The Morgan fingerprint density at radius 2 is 1.69 bits per heavy atom. The highest BCUT2D eigenvalue weighted by Gasteiger charge is 2.57. The third-order valence-electron chi connectivity index (χ3n) is 10.5. The average molecular weight is 498 g/mol. The van der Waals surface area contributed by atoms with Crippen molar-refractivity contribution in [1.29, 1.82) is 0 Å². The van der Waals surface area contributed by atoms with Gasteiger partial charge in [0, 0.05) is 17.1 Å². The Hall–Kier alpha value is -1.06. The topological polar surface area (TPSA) is 22.1 Å². The number of nitrogens with zero attached hydrogens (tertiary/aromatic N) is 1. The van der Waals surface area contributed by atoms with Crippen molar-refractivity contribution >= 4 is 15.9 Å². The fourth-order valence-electron chi connectivity index (χ4n) is 7.73. The van der Waals surface area contributed by atoms with E-state index in [9.17, 15) is 0 Å². The average Bonchev–Trinajstić information content (AvgIpc) is 3.17. The lowest BCUT2D eigenvalue weighted by Crippen LogP contribution is -2.50. The quantitative estimate of drug-likeness (QED) is 0.388. The molecule has 4 aliphatic carbocycles. The van der Waals surface area contributed by atoms with Crippen LogP contribution in [0.5, 0.6) is 0 Å². The molecule has 1 aromatic rings. The van der Waals surface area contributed by atoms with Gasteiger partial charge in [-0.15, -0.1) is 10.3 Å². The highest BCUT2D eigenvalue weighted by atomic mass is 32.3. The van der Waals surface area contributed by atoms with Crippen LogP contribution in [0, 0.1) is 28.6 Å². The molecule has 0 bridgehead atoms. The monoisotopic (exact) mass is 497 g/mol. The van der Waals surface area contributed by atoms with Crippen molar-refractivity contribution in [3.63, 3.8) is 0 Å². The summed E-state index contributed by atoms with van der Waals surface area (Å²) in [5.41, 5.74) is 5.34.